The van der Waals surface area contributed by atoms with Crippen molar-refractivity contribution in [3.05, 3.63) is 52.3 Å². The average molecular weight is 507 g/mol. The number of fused-ring (bicyclic) bond motifs is 3. The Morgan fingerprint density at radius 1 is 1.36 bits per heavy atom. The predicted octanol–water partition coefficient (Wildman–Crippen LogP) is 4.97. The Labute approximate surface area is 204 Å². The monoisotopic (exact) mass is 506 g/mol. The highest BCUT2D eigenvalue weighted by molar-refractivity contribution is 7.22. The highest BCUT2D eigenvalue weighted by atomic mass is 35.5. The fourth-order valence-electron chi connectivity index (χ4n) is 4.58. The number of amides is 1. The summed E-state index contributed by atoms with van der Waals surface area (Å²) in [6.45, 7) is 6.62. The molecule has 0 spiro atoms. The number of carbonyl (C=O) groups is 1. The number of aromatic nitrogens is 1. The molecule has 0 aliphatic carbocycles. The first kappa shape index (κ1) is 22.4. The van der Waals surface area contributed by atoms with Crippen molar-refractivity contribution >= 4 is 55.8 Å². The SMILES string of the molecule is C=CC(=O)N1CCN2Cc3cc(Cl)c(-c4ccc(F)c5sc(N)nc45)c(Cl)c3OCC[C@@H]2C1. The molecule has 1 saturated heterocycles. The molecule has 0 bridgehead atoms. The second-order valence-electron chi connectivity index (χ2n) is 8.11. The first-order valence-corrected chi connectivity index (χ1v) is 12.1. The normalized spacial score (nSPS) is 18.8. The molecule has 6 nitrogen and oxygen atoms in total. The molecule has 172 valence electrons. The molecule has 3 aromatic rings. The first-order chi connectivity index (χ1) is 15.9. The van der Waals surface area contributed by atoms with E-state index in [2.05, 4.69) is 16.5 Å². The molecule has 33 heavy (non-hydrogen) atoms. The van der Waals surface area contributed by atoms with Crippen LogP contribution in [0.25, 0.3) is 21.3 Å². The summed E-state index contributed by atoms with van der Waals surface area (Å²) in [5.74, 6) is 0.125. The number of anilines is 1. The van der Waals surface area contributed by atoms with E-state index in [0.717, 1.165) is 29.9 Å². The summed E-state index contributed by atoms with van der Waals surface area (Å²) < 4.78 is 20.8. The lowest BCUT2D eigenvalue weighted by atomic mass is 9.99. The molecule has 1 fully saturated rings. The van der Waals surface area contributed by atoms with Crippen molar-refractivity contribution in [1.82, 2.24) is 14.8 Å². The number of nitrogens with two attached hydrogens (primary N) is 1. The van der Waals surface area contributed by atoms with Gasteiger partial charge in [-0.25, -0.2) is 9.37 Å². The van der Waals surface area contributed by atoms with Gasteiger partial charge >= 0.3 is 0 Å². The summed E-state index contributed by atoms with van der Waals surface area (Å²) >= 11 is 14.7. The Bertz CT molecular complexity index is 1280. The van der Waals surface area contributed by atoms with Gasteiger partial charge in [0.15, 0.2) is 5.13 Å². The second-order valence-corrected chi connectivity index (χ2v) is 9.93. The van der Waals surface area contributed by atoms with Crippen LogP contribution in [0.1, 0.15) is 12.0 Å². The predicted molar refractivity (Wildman–Crippen MR) is 131 cm³/mol. The number of benzene rings is 2. The van der Waals surface area contributed by atoms with Crippen LogP contribution in [-0.4, -0.2) is 53.0 Å². The lowest BCUT2D eigenvalue weighted by Gasteiger charge is -2.42. The van der Waals surface area contributed by atoms with Crippen molar-refractivity contribution in [3.63, 3.8) is 0 Å². The van der Waals surface area contributed by atoms with Crippen LogP contribution in [-0.2, 0) is 11.3 Å². The van der Waals surface area contributed by atoms with E-state index in [4.69, 9.17) is 33.7 Å². The van der Waals surface area contributed by atoms with E-state index in [-0.39, 0.29) is 17.1 Å². The van der Waals surface area contributed by atoms with E-state index in [0.29, 0.717) is 63.4 Å². The number of hydrogen-bond donors (Lipinski definition) is 1. The molecule has 5 rings (SSSR count). The molecule has 2 aromatic carbocycles. The number of piperazine rings is 1. The molecule has 0 unspecified atom stereocenters. The van der Waals surface area contributed by atoms with Crippen molar-refractivity contribution < 1.29 is 13.9 Å². The number of nitrogens with zero attached hydrogens (tertiary/aromatic N) is 3. The lowest BCUT2D eigenvalue weighted by Crippen LogP contribution is -2.54. The molecule has 1 amide bonds. The van der Waals surface area contributed by atoms with Gasteiger partial charge in [-0.3, -0.25) is 9.69 Å². The van der Waals surface area contributed by atoms with Crippen molar-refractivity contribution in [2.75, 3.05) is 32.0 Å². The molecule has 3 heterocycles. The zero-order valence-electron chi connectivity index (χ0n) is 17.6. The molecular formula is C23H21Cl2FN4O2S. The molecular weight excluding hydrogens is 486 g/mol. The summed E-state index contributed by atoms with van der Waals surface area (Å²) in [5.41, 5.74) is 8.30. The van der Waals surface area contributed by atoms with Gasteiger partial charge in [-0.2, -0.15) is 0 Å². The Hall–Kier alpha value is -2.39. The van der Waals surface area contributed by atoms with E-state index < -0.39 is 5.82 Å². The summed E-state index contributed by atoms with van der Waals surface area (Å²) in [7, 11) is 0. The number of thiazole rings is 1. The third-order valence-electron chi connectivity index (χ3n) is 6.19. The maximum absolute atomic E-state index is 14.3. The summed E-state index contributed by atoms with van der Waals surface area (Å²) in [6.07, 6.45) is 2.10. The Balaban J connectivity index is 1.54. The largest absolute Gasteiger partial charge is 0.492 e. The number of ether oxygens (including phenoxy) is 1. The van der Waals surface area contributed by atoms with Crippen LogP contribution < -0.4 is 10.5 Å². The zero-order valence-corrected chi connectivity index (χ0v) is 19.9. The Kier molecular flexibility index (Phi) is 5.95. The van der Waals surface area contributed by atoms with E-state index >= 15 is 0 Å². The van der Waals surface area contributed by atoms with Crippen LogP contribution in [0.4, 0.5) is 9.52 Å². The van der Waals surface area contributed by atoms with Crippen molar-refractivity contribution in [1.29, 1.82) is 0 Å². The van der Waals surface area contributed by atoms with E-state index in [1.54, 1.807) is 6.07 Å². The first-order valence-electron chi connectivity index (χ1n) is 10.5. The van der Waals surface area contributed by atoms with Gasteiger partial charge in [-0.1, -0.05) is 41.1 Å². The van der Waals surface area contributed by atoms with Gasteiger partial charge in [0.2, 0.25) is 5.91 Å². The number of halogens is 3. The topological polar surface area (TPSA) is 71.7 Å². The van der Waals surface area contributed by atoms with E-state index in [1.807, 2.05) is 11.0 Å². The Morgan fingerprint density at radius 2 is 2.18 bits per heavy atom. The maximum atomic E-state index is 14.3. The van der Waals surface area contributed by atoms with E-state index in [1.165, 1.54) is 12.1 Å². The number of nitrogen functional groups attached to an aromatic ring is 1. The summed E-state index contributed by atoms with van der Waals surface area (Å²) in [5, 5.41) is 1.07. The molecule has 2 aliphatic rings. The number of hydrogen-bond acceptors (Lipinski definition) is 6. The minimum atomic E-state index is -0.391. The van der Waals surface area contributed by atoms with Gasteiger partial charge in [0.05, 0.1) is 26.9 Å². The third kappa shape index (κ3) is 3.95. The van der Waals surface area contributed by atoms with Gasteiger partial charge in [0.1, 0.15) is 11.6 Å². The standard InChI is InChI=1S/C23H21Cl2FN4O2S/c1-2-17(31)30-7-6-29-10-12-9-15(24)18(19(25)21(12)32-8-5-13(29)11-30)14-3-4-16(26)22-20(14)28-23(27)33-22/h2-4,9,13H,1,5-8,10-11H2,(H2,27,28)/t13-/m1/s1. The third-order valence-corrected chi connectivity index (χ3v) is 7.75. The lowest BCUT2D eigenvalue weighted by molar-refractivity contribution is -0.129. The van der Waals surface area contributed by atoms with E-state index in [9.17, 15) is 9.18 Å². The smallest absolute Gasteiger partial charge is 0.246 e. The van der Waals surface area contributed by atoms with Gasteiger partial charge in [0, 0.05) is 48.9 Å². The molecule has 2 N–H and O–H groups in total. The average Bonchev–Trinajstić information content (AvgIpc) is 3.18. The fraction of sp³-hybridized carbons (Fsp3) is 0.304. The van der Waals surface area contributed by atoms with Crippen LogP contribution >= 0.6 is 34.5 Å². The maximum Gasteiger partial charge on any atom is 0.246 e. The molecule has 2 aliphatic heterocycles. The molecule has 0 radical (unpaired) electrons. The molecule has 1 aromatic heterocycles. The van der Waals surface area contributed by atoms with Gasteiger partial charge in [-0.05, 0) is 30.7 Å². The molecule has 0 saturated carbocycles. The second kappa shape index (κ2) is 8.76. The van der Waals surface area contributed by atoms with Crippen LogP contribution in [0.2, 0.25) is 10.0 Å². The molecule has 10 heteroatoms. The van der Waals surface area contributed by atoms with Gasteiger partial charge in [0.25, 0.3) is 0 Å². The minimum absolute atomic E-state index is 0.0537. The highest BCUT2D eigenvalue weighted by Crippen LogP contribution is 2.47. The number of carbonyl (C=O) groups excluding carboxylic acids is 1. The van der Waals surface area contributed by atoms with Crippen LogP contribution in [0.15, 0.2) is 30.9 Å². The van der Waals surface area contributed by atoms with Crippen LogP contribution in [0, 0.1) is 5.82 Å². The fourth-order valence-corrected chi connectivity index (χ4v) is 6.10. The van der Waals surface area contributed by atoms with Gasteiger partial charge < -0.3 is 15.4 Å². The summed E-state index contributed by atoms with van der Waals surface area (Å²) in [6, 6.07) is 5.01. The van der Waals surface area contributed by atoms with Crippen molar-refractivity contribution in [3.8, 4) is 16.9 Å². The minimum Gasteiger partial charge on any atom is -0.492 e. The Morgan fingerprint density at radius 3 is 2.97 bits per heavy atom. The van der Waals surface area contributed by atoms with Crippen LogP contribution in [0.3, 0.4) is 0 Å². The number of rotatable bonds is 2. The quantitative estimate of drug-likeness (QED) is 0.496. The van der Waals surface area contributed by atoms with Gasteiger partial charge in [-0.15, -0.1) is 0 Å². The van der Waals surface area contributed by atoms with Crippen molar-refractivity contribution in [2.24, 2.45) is 0 Å². The summed E-state index contributed by atoms with van der Waals surface area (Å²) in [4.78, 5) is 20.5. The molecule has 1 atom stereocenters. The highest BCUT2D eigenvalue weighted by Gasteiger charge is 2.32. The van der Waals surface area contributed by atoms with Crippen LogP contribution in [0.5, 0.6) is 5.75 Å². The zero-order chi connectivity index (χ0) is 23.3. The van der Waals surface area contributed by atoms with Crippen molar-refractivity contribution in [2.45, 2.75) is 19.0 Å².